The molecule has 3 aromatic rings. The van der Waals surface area contributed by atoms with Crippen LogP contribution >= 0.6 is 8.86 Å². The molecule has 0 bridgehead atoms. The summed E-state index contributed by atoms with van der Waals surface area (Å²) in [5, 5.41) is 17.6. The van der Waals surface area contributed by atoms with Gasteiger partial charge in [0.05, 0.1) is 18.2 Å². The minimum Gasteiger partial charge on any atom is -0.503 e. The van der Waals surface area contributed by atoms with E-state index in [1.54, 1.807) is 11.7 Å². The molecule has 2 N–H and O–H groups in total. The molecule has 1 fully saturated rings. The van der Waals surface area contributed by atoms with Gasteiger partial charge in [0.2, 0.25) is 0 Å². The van der Waals surface area contributed by atoms with Crippen molar-refractivity contribution in [3.63, 3.8) is 0 Å². The molecule has 1 heterocycles. The van der Waals surface area contributed by atoms with Crippen molar-refractivity contribution < 1.29 is 5.11 Å². The lowest BCUT2D eigenvalue weighted by Gasteiger charge is -2.31. The maximum atomic E-state index is 12.3. The Bertz CT molecular complexity index is 1120. The molecule has 1 saturated carbocycles. The van der Waals surface area contributed by atoms with Gasteiger partial charge < -0.3 is 5.11 Å². The Hall–Kier alpha value is -2.75. The standard InChI is InChI=1S/C24H26N3O2P/c1-25-23(30)21-22(29)20(28)15-27(26-21)16-24(12-5-6-13-24)19-11-7-10-18(14-19)17-8-3-2-4-9-17/h2-4,7-11,14-15,25,28,30H,5-6,12-13,16H2,1H3. The van der Waals surface area contributed by atoms with Crippen molar-refractivity contribution in [3.05, 3.63) is 82.3 Å². The highest BCUT2D eigenvalue weighted by Gasteiger charge is 2.36. The van der Waals surface area contributed by atoms with Gasteiger partial charge in [0, 0.05) is 5.41 Å². The largest absolute Gasteiger partial charge is 0.503 e. The van der Waals surface area contributed by atoms with Crippen LogP contribution in [0.2, 0.25) is 0 Å². The highest BCUT2D eigenvalue weighted by atomic mass is 31.0. The van der Waals surface area contributed by atoms with Crippen LogP contribution in [0, 0.1) is 0 Å². The van der Waals surface area contributed by atoms with Crippen LogP contribution in [0.25, 0.3) is 11.1 Å². The normalized spacial score (nSPS) is 15.2. The molecule has 6 heteroatoms. The van der Waals surface area contributed by atoms with Gasteiger partial charge in [-0.3, -0.25) is 14.8 Å². The van der Waals surface area contributed by atoms with E-state index in [0.717, 1.165) is 25.7 Å². The number of hydrogen-bond donors (Lipinski definition) is 2. The fourth-order valence-electron chi connectivity index (χ4n) is 4.45. The average Bonchev–Trinajstić information content (AvgIpc) is 3.26. The molecule has 0 atom stereocenters. The predicted octanol–water partition coefficient (Wildman–Crippen LogP) is 3.97. The second-order valence-corrected chi connectivity index (χ2v) is 8.45. The molecule has 0 amide bonds. The number of hydrogen-bond acceptors (Lipinski definition) is 3. The zero-order chi connectivity index (χ0) is 21.1. The molecule has 1 aromatic heterocycles. The van der Waals surface area contributed by atoms with E-state index in [0.29, 0.717) is 12.0 Å². The topological polar surface area (TPSA) is 67.2 Å². The van der Waals surface area contributed by atoms with Crippen LogP contribution in [0.3, 0.4) is 0 Å². The Morgan fingerprint density at radius 3 is 2.53 bits per heavy atom. The first kappa shape index (κ1) is 20.5. The van der Waals surface area contributed by atoms with E-state index in [2.05, 4.69) is 67.8 Å². The van der Waals surface area contributed by atoms with Crippen LogP contribution in [0.5, 0.6) is 5.75 Å². The summed E-state index contributed by atoms with van der Waals surface area (Å²) in [5.74, 6) is -0.294. The molecule has 0 aliphatic heterocycles. The fraction of sp³-hybridized carbons (Fsp3) is 0.292. The van der Waals surface area contributed by atoms with Gasteiger partial charge in [-0.1, -0.05) is 76.3 Å². The van der Waals surface area contributed by atoms with E-state index in [-0.39, 0.29) is 16.9 Å². The highest BCUT2D eigenvalue weighted by Crippen LogP contribution is 2.43. The number of aromatic nitrogens is 2. The van der Waals surface area contributed by atoms with Gasteiger partial charge in [-0.15, -0.1) is 0 Å². The molecule has 5 nitrogen and oxygen atoms in total. The summed E-state index contributed by atoms with van der Waals surface area (Å²) in [6.45, 7) is 0.606. The van der Waals surface area contributed by atoms with E-state index >= 15 is 0 Å². The fourth-order valence-corrected chi connectivity index (χ4v) is 4.61. The van der Waals surface area contributed by atoms with E-state index in [9.17, 15) is 9.90 Å². The first-order chi connectivity index (χ1) is 14.5. The first-order valence-electron chi connectivity index (χ1n) is 10.3. The smallest absolute Gasteiger partial charge is 0.251 e. The molecular formula is C24H26N3O2P. The van der Waals surface area contributed by atoms with Crippen LogP contribution < -0.4 is 10.7 Å². The van der Waals surface area contributed by atoms with Crippen molar-refractivity contribution in [2.45, 2.75) is 37.6 Å². The summed E-state index contributed by atoms with van der Waals surface area (Å²) < 4.78 is 1.71. The van der Waals surface area contributed by atoms with Crippen molar-refractivity contribution in [2.75, 3.05) is 7.05 Å². The number of nitrogens with one attached hydrogen (secondary N) is 1. The molecule has 1 aliphatic rings. The second-order valence-electron chi connectivity index (χ2n) is 7.95. The van der Waals surface area contributed by atoms with Crippen LogP contribution in [-0.4, -0.2) is 27.4 Å². The lowest BCUT2D eigenvalue weighted by atomic mass is 9.78. The maximum absolute atomic E-state index is 12.3. The van der Waals surface area contributed by atoms with Crippen LogP contribution in [-0.2, 0) is 12.0 Å². The molecule has 30 heavy (non-hydrogen) atoms. The SMILES string of the molecule is CNC(=P)c1nn(CC2(c3cccc(-c4ccccc4)c3)CCCC2)cc(O)c1=O. The molecule has 2 aromatic carbocycles. The Kier molecular flexibility index (Phi) is 5.85. The van der Waals surface area contributed by atoms with Crippen molar-refractivity contribution in [1.29, 1.82) is 0 Å². The quantitative estimate of drug-likeness (QED) is 0.594. The van der Waals surface area contributed by atoms with Gasteiger partial charge in [-0.25, -0.2) is 0 Å². The third kappa shape index (κ3) is 3.96. The third-order valence-electron chi connectivity index (χ3n) is 6.04. The second kappa shape index (κ2) is 8.55. The van der Waals surface area contributed by atoms with Crippen molar-refractivity contribution >= 4 is 14.3 Å². The summed E-state index contributed by atoms with van der Waals surface area (Å²) in [4.78, 5) is 12.3. The molecule has 154 valence electrons. The van der Waals surface area contributed by atoms with Crippen LogP contribution in [0.4, 0.5) is 0 Å². The minimum atomic E-state index is -0.489. The maximum Gasteiger partial charge on any atom is 0.251 e. The predicted molar refractivity (Wildman–Crippen MR) is 124 cm³/mol. The average molecular weight is 419 g/mol. The summed E-state index contributed by atoms with van der Waals surface area (Å²) in [6.07, 6.45) is 5.85. The Balaban J connectivity index is 1.74. The first-order valence-corrected chi connectivity index (χ1v) is 10.8. The van der Waals surface area contributed by atoms with Gasteiger partial charge in [-0.05, 0) is 36.6 Å². The van der Waals surface area contributed by atoms with Gasteiger partial charge in [-0.2, -0.15) is 5.10 Å². The highest BCUT2D eigenvalue weighted by molar-refractivity contribution is 7.21. The summed E-state index contributed by atoms with van der Waals surface area (Å²) in [5.41, 5.74) is 3.73. The lowest BCUT2D eigenvalue weighted by Crippen LogP contribution is -2.33. The molecule has 0 unspecified atom stereocenters. The minimum absolute atomic E-state index is 0.0812. The summed E-state index contributed by atoms with van der Waals surface area (Å²) in [6, 6.07) is 19.1. The van der Waals surface area contributed by atoms with E-state index in [4.69, 9.17) is 0 Å². The zero-order valence-corrected chi connectivity index (χ0v) is 18.1. The Morgan fingerprint density at radius 1 is 1.13 bits per heavy atom. The number of benzene rings is 2. The van der Waals surface area contributed by atoms with Gasteiger partial charge in [0.15, 0.2) is 11.4 Å². The van der Waals surface area contributed by atoms with Crippen molar-refractivity contribution in [1.82, 2.24) is 15.1 Å². The molecule has 0 saturated heterocycles. The molecule has 0 radical (unpaired) electrons. The number of aromatic hydroxyl groups is 1. The van der Waals surface area contributed by atoms with Gasteiger partial charge >= 0.3 is 0 Å². The van der Waals surface area contributed by atoms with E-state index in [1.165, 1.54) is 22.9 Å². The lowest BCUT2D eigenvalue weighted by molar-refractivity contribution is 0.342. The molecule has 4 rings (SSSR count). The van der Waals surface area contributed by atoms with Crippen LogP contribution in [0.15, 0.2) is 65.6 Å². The summed E-state index contributed by atoms with van der Waals surface area (Å²) in [7, 11) is 5.09. The Morgan fingerprint density at radius 2 is 1.83 bits per heavy atom. The molecule has 1 aliphatic carbocycles. The number of nitrogens with zero attached hydrogens (tertiary/aromatic N) is 2. The number of rotatable bonds is 6. The third-order valence-corrected chi connectivity index (χ3v) is 6.53. The zero-order valence-electron chi connectivity index (χ0n) is 17.1. The molecule has 0 spiro atoms. The van der Waals surface area contributed by atoms with Crippen molar-refractivity contribution in [2.24, 2.45) is 0 Å². The van der Waals surface area contributed by atoms with E-state index in [1.807, 2.05) is 6.07 Å². The Labute approximate surface area is 178 Å². The van der Waals surface area contributed by atoms with Gasteiger partial charge in [0.25, 0.3) is 5.43 Å². The van der Waals surface area contributed by atoms with Crippen LogP contribution in [0.1, 0.15) is 36.9 Å². The summed E-state index contributed by atoms with van der Waals surface area (Å²) >= 11 is 0. The molecular weight excluding hydrogens is 393 g/mol. The van der Waals surface area contributed by atoms with Gasteiger partial charge in [0.1, 0.15) is 0 Å². The monoisotopic (exact) mass is 419 g/mol. The van der Waals surface area contributed by atoms with E-state index < -0.39 is 5.43 Å². The van der Waals surface area contributed by atoms with Crippen molar-refractivity contribution in [3.8, 4) is 16.9 Å².